The summed E-state index contributed by atoms with van der Waals surface area (Å²) in [5, 5.41) is 18.0. The van der Waals surface area contributed by atoms with E-state index in [1.165, 1.54) is 18.2 Å². The van der Waals surface area contributed by atoms with E-state index in [4.69, 9.17) is 9.47 Å². The molecule has 3 rings (SSSR count). The van der Waals surface area contributed by atoms with Crippen LogP contribution in [0.25, 0.3) is 0 Å². The fraction of sp³-hybridized carbons (Fsp3) is 0.391. The molecule has 0 saturated carbocycles. The largest absolute Gasteiger partial charge is 0.497 e. The Balaban J connectivity index is 1.43. The highest BCUT2D eigenvalue weighted by atomic mass is 19.1. The number of anilines is 1. The zero-order valence-electron chi connectivity index (χ0n) is 17.8. The lowest BCUT2D eigenvalue weighted by atomic mass is 9.97. The van der Waals surface area contributed by atoms with Crippen LogP contribution in [-0.4, -0.2) is 55.6 Å². The monoisotopic (exact) mass is 445 g/mol. The van der Waals surface area contributed by atoms with Crippen LogP contribution in [0, 0.1) is 5.82 Å². The minimum Gasteiger partial charge on any atom is -0.497 e. The summed E-state index contributed by atoms with van der Waals surface area (Å²) in [6, 6.07) is 12.0. The number of amides is 3. The van der Waals surface area contributed by atoms with Gasteiger partial charge in [-0.25, -0.2) is 9.18 Å². The molecule has 32 heavy (non-hydrogen) atoms. The molecule has 0 unspecified atom stereocenters. The van der Waals surface area contributed by atoms with Gasteiger partial charge in [0.25, 0.3) is 5.91 Å². The molecule has 3 amide bonds. The van der Waals surface area contributed by atoms with Gasteiger partial charge < -0.3 is 30.5 Å². The van der Waals surface area contributed by atoms with Gasteiger partial charge in [-0.2, -0.15) is 0 Å². The number of hydrogen-bond donors (Lipinski definition) is 4. The van der Waals surface area contributed by atoms with Crippen molar-refractivity contribution in [1.82, 2.24) is 10.6 Å². The Kier molecular flexibility index (Phi) is 8.41. The molecule has 1 aliphatic rings. The molecule has 0 aliphatic carbocycles. The standard InChI is InChI=1S/C23H28FN3O5/c1-31-16-8-6-15(7-9-16)26-23(30)27-20-11-10-17(32-21(20)14-28)12-13-25-22(29)18-4-2-3-5-19(18)24/h2-9,17,20-21,28H,10-14H2,1H3,(H,25,29)(H2,26,27,30)/t17-,20-,21+/m0/s1. The van der Waals surface area contributed by atoms with Crippen LogP contribution >= 0.6 is 0 Å². The summed E-state index contributed by atoms with van der Waals surface area (Å²) in [6.07, 6.45) is 1.04. The molecule has 1 aliphatic heterocycles. The maximum absolute atomic E-state index is 13.7. The quantitative estimate of drug-likeness (QED) is 0.500. The van der Waals surface area contributed by atoms with Crippen LogP contribution in [0.15, 0.2) is 48.5 Å². The number of urea groups is 1. The van der Waals surface area contributed by atoms with Gasteiger partial charge in [0.1, 0.15) is 17.7 Å². The van der Waals surface area contributed by atoms with Gasteiger partial charge in [0, 0.05) is 12.2 Å². The highest BCUT2D eigenvalue weighted by molar-refractivity contribution is 5.94. The number of halogens is 1. The number of carbonyl (C=O) groups is 2. The maximum Gasteiger partial charge on any atom is 0.319 e. The van der Waals surface area contributed by atoms with Gasteiger partial charge in [0.05, 0.1) is 31.4 Å². The minimum absolute atomic E-state index is 0.00238. The first kappa shape index (κ1) is 23.5. The average Bonchev–Trinajstić information content (AvgIpc) is 2.80. The minimum atomic E-state index is -0.568. The van der Waals surface area contributed by atoms with E-state index in [-0.39, 0.29) is 24.3 Å². The average molecular weight is 445 g/mol. The number of methoxy groups -OCH3 is 1. The molecule has 172 valence electrons. The molecule has 3 atom stereocenters. The van der Waals surface area contributed by atoms with E-state index in [2.05, 4.69) is 16.0 Å². The molecule has 0 spiro atoms. The third-order valence-corrected chi connectivity index (χ3v) is 5.33. The Bertz CT molecular complexity index is 909. The van der Waals surface area contributed by atoms with E-state index in [0.29, 0.717) is 37.2 Å². The molecular weight excluding hydrogens is 417 g/mol. The van der Waals surface area contributed by atoms with Crippen molar-refractivity contribution in [3.8, 4) is 5.75 Å². The highest BCUT2D eigenvalue weighted by Crippen LogP contribution is 2.22. The van der Waals surface area contributed by atoms with Gasteiger partial charge in [0.2, 0.25) is 0 Å². The summed E-state index contributed by atoms with van der Waals surface area (Å²) >= 11 is 0. The van der Waals surface area contributed by atoms with E-state index < -0.39 is 23.9 Å². The van der Waals surface area contributed by atoms with Crippen molar-refractivity contribution in [3.05, 3.63) is 59.9 Å². The van der Waals surface area contributed by atoms with E-state index >= 15 is 0 Å². The van der Waals surface area contributed by atoms with Crippen LogP contribution in [0.4, 0.5) is 14.9 Å². The van der Waals surface area contributed by atoms with Crippen LogP contribution in [0.1, 0.15) is 29.6 Å². The predicted molar refractivity (Wildman–Crippen MR) is 117 cm³/mol. The summed E-state index contributed by atoms with van der Waals surface area (Å²) in [4.78, 5) is 24.4. The Morgan fingerprint density at radius 1 is 1.16 bits per heavy atom. The molecular formula is C23H28FN3O5. The van der Waals surface area contributed by atoms with Gasteiger partial charge in [-0.05, 0) is 55.7 Å². The molecule has 0 bridgehead atoms. The first-order chi connectivity index (χ1) is 15.5. The second-order valence-electron chi connectivity index (χ2n) is 7.51. The van der Waals surface area contributed by atoms with Crippen LogP contribution in [0.5, 0.6) is 5.75 Å². The predicted octanol–water partition coefficient (Wildman–Crippen LogP) is 2.68. The van der Waals surface area contributed by atoms with Crippen molar-refractivity contribution in [3.63, 3.8) is 0 Å². The van der Waals surface area contributed by atoms with Crippen molar-refractivity contribution >= 4 is 17.6 Å². The normalized spacial score (nSPS) is 20.3. The van der Waals surface area contributed by atoms with Crippen molar-refractivity contribution in [2.75, 3.05) is 25.6 Å². The van der Waals surface area contributed by atoms with Crippen molar-refractivity contribution in [1.29, 1.82) is 0 Å². The van der Waals surface area contributed by atoms with Crippen LogP contribution in [0.3, 0.4) is 0 Å². The smallest absolute Gasteiger partial charge is 0.319 e. The fourth-order valence-electron chi connectivity index (χ4n) is 3.61. The molecule has 2 aromatic rings. The van der Waals surface area contributed by atoms with E-state index in [9.17, 15) is 19.1 Å². The van der Waals surface area contributed by atoms with Gasteiger partial charge in [0.15, 0.2) is 0 Å². The number of rotatable bonds is 8. The Hall–Kier alpha value is -3.17. The second kappa shape index (κ2) is 11.4. The molecule has 1 fully saturated rings. The van der Waals surface area contributed by atoms with Crippen LogP contribution in [-0.2, 0) is 4.74 Å². The molecule has 9 heteroatoms. The van der Waals surface area contributed by atoms with Crippen LogP contribution in [0.2, 0.25) is 0 Å². The van der Waals surface area contributed by atoms with Gasteiger partial charge in [-0.3, -0.25) is 4.79 Å². The number of benzene rings is 2. The zero-order valence-corrected chi connectivity index (χ0v) is 17.8. The van der Waals surface area contributed by atoms with Crippen molar-refractivity contribution in [2.24, 2.45) is 0 Å². The third kappa shape index (κ3) is 6.41. The molecule has 2 aromatic carbocycles. The van der Waals surface area contributed by atoms with Gasteiger partial charge in [-0.1, -0.05) is 12.1 Å². The number of carbonyl (C=O) groups excluding carboxylic acids is 2. The highest BCUT2D eigenvalue weighted by Gasteiger charge is 2.31. The van der Waals surface area contributed by atoms with E-state index in [0.717, 1.165) is 0 Å². The number of aliphatic hydroxyl groups excluding tert-OH is 1. The number of ether oxygens (including phenoxy) is 2. The summed E-state index contributed by atoms with van der Waals surface area (Å²) in [5.41, 5.74) is 0.612. The molecule has 1 saturated heterocycles. The molecule has 4 N–H and O–H groups in total. The molecule has 0 radical (unpaired) electrons. The Labute approximate surface area is 186 Å². The zero-order chi connectivity index (χ0) is 22.9. The summed E-state index contributed by atoms with van der Waals surface area (Å²) < 4.78 is 24.7. The van der Waals surface area contributed by atoms with Gasteiger partial charge >= 0.3 is 6.03 Å². The maximum atomic E-state index is 13.7. The first-order valence-corrected chi connectivity index (χ1v) is 10.5. The fourth-order valence-corrected chi connectivity index (χ4v) is 3.61. The Morgan fingerprint density at radius 3 is 2.59 bits per heavy atom. The van der Waals surface area contributed by atoms with Crippen LogP contribution < -0.4 is 20.7 Å². The lowest BCUT2D eigenvalue weighted by Crippen LogP contribution is -2.52. The lowest BCUT2D eigenvalue weighted by molar-refractivity contribution is -0.0886. The van der Waals surface area contributed by atoms with E-state index in [1.807, 2.05) is 0 Å². The van der Waals surface area contributed by atoms with Crippen molar-refractivity contribution in [2.45, 2.75) is 37.5 Å². The lowest BCUT2D eigenvalue weighted by Gasteiger charge is -2.36. The molecule has 8 nitrogen and oxygen atoms in total. The number of nitrogens with one attached hydrogen (secondary N) is 3. The SMILES string of the molecule is COc1ccc(NC(=O)N[C@H]2CC[C@@H](CCNC(=O)c3ccccc3F)O[C@@H]2CO)cc1. The third-order valence-electron chi connectivity index (χ3n) is 5.33. The topological polar surface area (TPSA) is 109 Å². The summed E-state index contributed by atoms with van der Waals surface area (Å²) in [6.45, 7) is 0.0671. The first-order valence-electron chi connectivity index (χ1n) is 10.5. The Morgan fingerprint density at radius 2 is 1.91 bits per heavy atom. The number of hydrogen-bond acceptors (Lipinski definition) is 5. The van der Waals surface area contributed by atoms with Crippen molar-refractivity contribution < 1.29 is 28.6 Å². The summed E-state index contributed by atoms with van der Waals surface area (Å²) in [5.74, 6) is -0.360. The molecule has 1 heterocycles. The van der Waals surface area contributed by atoms with E-state index in [1.54, 1.807) is 37.4 Å². The van der Waals surface area contributed by atoms with Gasteiger partial charge in [-0.15, -0.1) is 0 Å². The second-order valence-corrected chi connectivity index (χ2v) is 7.51. The summed E-state index contributed by atoms with van der Waals surface area (Å²) in [7, 11) is 1.57. The number of aliphatic hydroxyl groups is 1. The molecule has 0 aromatic heterocycles.